The van der Waals surface area contributed by atoms with E-state index < -0.39 is 11.4 Å². The molecule has 0 radical (unpaired) electrons. The van der Waals surface area contributed by atoms with Gasteiger partial charge >= 0.3 is 5.97 Å². The van der Waals surface area contributed by atoms with Crippen molar-refractivity contribution in [2.75, 3.05) is 19.6 Å². The molecule has 0 aromatic heterocycles. The lowest BCUT2D eigenvalue weighted by molar-refractivity contribution is -0.153. The molecule has 110 valence electrons. The molecule has 1 fully saturated rings. The number of carboxylic acid groups (broad SMARTS) is 1. The van der Waals surface area contributed by atoms with Crippen LogP contribution in [-0.2, 0) is 9.59 Å². The van der Waals surface area contributed by atoms with Crippen molar-refractivity contribution in [1.82, 2.24) is 4.90 Å². The van der Waals surface area contributed by atoms with Crippen LogP contribution in [0.4, 0.5) is 0 Å². The Balaban J connectivity index is 2.54. The number of nitrogens with zero attached hydrogens (tertiary/aromatic N) is 1. The van der Waals surface area contributed by atoms with Gasteiger partial charge in [0, 0.05) is 19.5 Å². The molecule has 1 amide bonds. The Bertz CT molecular complexity index is 329. The quantitative estimate of drug-likeness (QED) is 0.716. The number of carboxylic acids is 1. The van der Waals surface area contributed by atoms with E-state index in [9.17, 15) is 14.7 Å². The number of hydrogen-bond acceptors (Lipinski definition) is 3. The Hall–Kier alpha value is -1.10. The molecule has 5 heteroatoms. The van der Waals surface area contributed by atoms with Crippen LogP contribution in [0.2, 0.25) is 0 Å². The van der Waals surface area contributed by atoms with Crippen LogP contribution in [0, 0.1) is 11.3 Å². The molecular formula is C14H26N2O3. The van der Waals surface area contributed by atoms with E-state index in [4.69, 9.17) is 5.73 Å². The second-order valence-corrected chi connectivity index (χ2v) is 5.95. The summed E-state index contributed by atoms with van der Waals surface area (Å²) in [5.74, 6) is -0.605. The van der Waals surface area contributed by atoms with Crippen LogP contribution in [0.15, 0.2) is 0 Å². The van der Waals surface area contributed by atoms with E-state index in [0.717, 1.165) is 32.2 Å². The first-order chi connectivity index (χ1) is 8.89. The second kappa shape index (κ2) is 6.89. The summed E-state index contributed by atoms with van der Waals surface area (Å²) in [6.45, 7) is 5.45. The van der Waals surface area contributed by atoms with Crippen LogP contribution in [0.1, 0.15) is 46.0 Å². The predicted molar refractivity (Wildman–Crippen MR) is 73.6 cm³/mol. The van der Waals surface area contributed by atoms with E-state index >= 15 is 0 Å². The van der Waals surface area contributed by atoms with Gasteiger partial charge < -0.3 is 15.7 Å². The van der Waals surface area contributed by atoms with Crippen LogP contribution in [0.5, 0.6) is 0 Å². The first kappa shape index (κ1) is 16.0. The molecule has 0 aromatic rings. The van der Waals surface area contributed by atoms with Gasteiger partial charge in [0.15, 0.2) is 0 Å². The maximum Gasteiger partial charge on any atom is 0.309 e. The van der Waals surface area contributed by atoms with Gasteiger partial charge in [-0.1, -0.05) is 0 Å². The molecule has 1 rings (SSSR count). The SMILES string of the molecule is CC(C)(C(=O)O)C1CCCN(C(=O)CCCCN)C1. The van der Waals surface area contributed by atoms with Crippen LogP contribution in [0.3, 0.4) is 0 Å². The van der Waals surface area contributed by atoms with Crippen LogP contribution in [0.25, 0.3) is 0 Å². The number of rotatable bonds is 6. The van der Waals surface area contributed by atoms with Gasteiger partial charge in [-0.15, -0.1) is 0 Å². The number of carbonyl (C=O) groups excluding carboxylic acids is 1. The van der Waals surface area contributed by atoms with Gasteiger partial charge in [-0.25, -0.2) is 0 Å². The third-order valence-corrected chi connectivity index (χ3v) is 4.19. The zero-order valence-corrected chi connectivity index (χ0v) is 12.0. The van der Waals surface area contributed by atoms with Gasteiger partial charge in [0.25, 0.3) is 0 Å². The Kier molecular flexibility index (Phi) is 5.79. The lowest BCUT2D eigenvalue weighted by Crippen LogP contribution is -2.46. The minimum Gasteiger partial charge on any atom is -0.481 e. The lowest BCUT2D eigenvalue weighted by Gasteiger charge is -2.39. The molecule has 0 aliphatic carbocycles. The fourth-order valence-corrected chi connectivity index (χ4v) is 2.55. The highest BCUT2D eigenvalue weighted by Crippen LogP contribution is 2.34. The number of carbonyl (C=O) groups is 2. The third-order valence-electron chi connectivity index (χ3n) is 4.19. The molecule has 1 unspecified atom stereocenters. The number of aliphatic carboxylic acids is 1. The summed E-state index contributed by atoms with van der Waals surface area (Å²) in [4.78, 5) is 25.2. The first-order valence-corrected chi connectivity index (χ1v) is 7.10. The molecule has 0 saturated carbocycles. The molecule has 1 aliphatic heterocycles. The molecule has 19 heavy (non-hydrogen) atoms. The molecule has 0 bridgehead atoms. The standard InChI is InChI=1S/C14H26N2O3/c1-14(2,13(18)19)11-6-5-9-16(10-11)12(17)7-3-4-8-15/h11H,3-10,15H2,1-2H3,(H,18,19). The van der Waals surface area contributed by atoms with Crippen LogP contribution >= 0.6 is 0 Å². The average molecular weight is 270 g/mol. The highest BCUT2D eigenvalue weighted by molar-refractivity contribution is 5.77. The smallest absolute Gasteiger partial charge is 0.309 e. The summed E-state index contributed by atoms with van der Waals surface area (Å²) in [6.07, 6.45) is 3.98. The van der Waals surface area contributed by atoms with Gasteiger partial charge in [0.05, 0.1) is 5.41 Å². The molecule has 3 N–H and O–H groups in total. The number of hydrogen-bond donors (Lipinski definition) is 2. The van der Waals surface area contributed by atoms with Crippen molar-refractivity contribution in [2.45, 2.75) is 46.0 Å². The van der Waals surface area contributed by atoms with Crippen molar-refractivity contribution in [2.24, 2.45) is 17.1 Å². The van der Waals surface area contributed by atoms with Crippen molar-refractivity contribution >= 4 is 11.9 Å². The maximum atomic E-state index is 12.1. The Morgan fingerprint density at radius 1 is 1.37 bits per heavy atom. The van der Waals surface area contributed by atoms with Gasteiger partial charge in [0.1, 0.15) is 0 Å². The van der Waals surface area contributed by atoms with Gasteiger partial charge in [-0.05, 0) is 52.0 Å². The van der Waals surface area contributed by atoms with Crippen LogP contribution < -0.4 is 5.73 Å². The second-order valence-electron chi connectivity index (χ2n) is 5.95. The molecule has 5 nitrogen and oxygen atoms in total. The van der Waals surface area contributed by atoms with Crippen molar-refractivity contribution in [3.63, 3.8) is 0 Å². The normalized spacial score (nSPS) is 20.4. The third kappa shape index (κ3) is 4.20. The summed E-state index contributed by atoms with van der Waals surface area (Å²) in [5.41, 5.74) is 4.65. The highest BCUT2D eigenvalue weighted by Gasteiger charge is 2.39. The number of piperidine rings is 1. The van der Waals surface area contributed by atoms with E-state index in [2.05, 4.69) is 0 Å². The van der Waals surface area contributed by atoms with Crippen LogP contribution in [-0.4, -0.2) is 41.5 Å². The van der Waals surface area contributed by atoms with Crippen molar-refractivity contribution in [3.05, 3.63) is 0 Å². The maximum absolute atomic E-state index is 12.1. The average Bonchev–Trinajstić information content (AvgIpc) is 2.39. The fourth-order valence-electron chi connectivity index (χ4n) is 2.55. The van der Waals surface area contributed by atoms with E-state index in [1.165, 1.54) is 0 Å². The van der Waals surface area contributed by atoms with E-state index in [1.54, 1.807) is 13.8 Å². The van der Waals surface area contributed by atoms with Gasteiger partial charge in [0.2, 0.25) is 5.91 Å². The summed E-state index contributed by atoms with van der Waals surface area (Å²) in [6, 6.07) is 0. The number of unbranched alkanes of at least 4 members (excludes halogenated alkanes) is 1. The van der Waals surface area contributed by atoms with E-state index in [-0.39, 0.29) is 11.8 Å². The molecule has 1 aliphatic rings. The minimum atomic E-state index is -0.782. The molecule has 1 heterocycles. The zero-order chi connectivity index (χ0) is 14.5. The number of likely N-dealkylation sites (tertiary alicyclic amines) is 1. The predicted octanol–water partition coefficient (Wildman–Crippen LogP) is 1.46. The molecule has 0 aromatic carbocycles. The minimum absolute atomic E-state index is 0.0391. The Morgan fingerprint density at radius 3 is 2.63 bits per heavy atom. The Morgan fingerprint density at radius 2 is 2.05 bits per heavy atom. The molecular weight excluding hydrogens is 244 g/mol. The summed E-state index contributed by atoms with van der Waals surface area (Å²) in [7, 11) is 0. The van der Waals surface area contributed by atoms with E-state index in [0.29, 0.717) is 19.5 Å². The number of nitrogens with two attached hydrogens (primary N) is 1. The fraction of sp³-hybridized carbons (Fsp3) is 0.857. The molecule has 0 spiro atoms. The zero-order valence-electron chi connectivity index (χ0n) is 12.0. The lowest BCUT2D eigenvalue weighted by atomic mass is 9.74. The largest absolute Gasteiger partial charge is 0.481 e. The molecule has 1 saturated heterocycles. The molecule has 1 atom stereocenters. The summed E-state index contributed by atoms with van der Waals surface area (Å²) in [5, 5.41) is 9.27. The monoisotopic (exact) mass is 270 g/mol. The highest BCUT2D eigenvalue weighted by atomic mass is 16.4. The first-order valence-electron chi connectivity index (χ1n) is 7.10. The van der Waals surface area contributed by atoms with Crippen molar-refractivity contribution < 1.29 is 14.7 Å². The Labute approximate surface area is 115 Å². The topological polar surface area (TPSA) is 83.6 Å². The summed E-state index contributed by atoms with van der Waals surface area (Å²) < 4.78 is 0. The van der Waals surface area contributed by atoms with E-state index in [1.807, 2.05) is 4.90 Å². The van der Waals surface area contributed by atoms with Gasteiger partial charge in [-0.3, -0.25) is 9.59 Å². The van der Waals surface area contributed by atoms with Crippen molar-refractivity contribution in [3.8, 4) is 0 Å². The van der Waals surface area contributed by atoms with Gasteiger partial charge in [-0.2, -0.15) is 0 Å². The number of amides is 1. The summed E-state index contributed by atoms with van der Waals surface area (Å²) >= 11 is 0. The van der Waals surface area contributed by atoms with Crippen molar-refractivity contribution in [1.29, 1.82) is 0 Å².